The van der Waals surface area contributed by atoms with Crippen LogP contribution in [-0.4, -0.2) is 36.7 Å². The molecule has 98 valence electrons. The van der Waals surface area contributed by atoms with Crippen LogP contribution in [0.4, 0.5) is 5.69 Å². The van der Waals surface area contributed by atoms with Crippen LogP contribution in [0, 0.1) is 6.92 Å². The molecule has 1 atom stereocenters. The van der Waals surface area contributed by atoms with Gasteiger partial charge in [-0.1, -0.05) is 0 Å². The summed E-state index contributed by atoms with van der Waals surface area (Å²) >= 11 is 0. The Hall–Kier alpha value is -1.46. The second-order valence-electron chi connectivity index (χ2n) is 4.45. The molecule has 1 amide bonds. The molecule has 1 aliphatic rings. The van der Waals surface area contributed by atoms with Crippen LogP contribution in [0.15, 0.2) is 18.3 Å². The fourth-order valence-corrected chi connectivity index (χ4v) is 1.96. The standard InChI is InChI=1S/C13H19N3O2/c1-10-12(5-2-6-15-10)16-13(17)9-14-8-11-4-3-7-18-11/h2,5-6,11,14H,3-4,7-9H2,1H3,(H,16,17)/t11-/m0/s1. The SMILES string of the molecule is Cc1ncccc1NC(=O)CNC[C@@H]1CCCO1. The zero-order chi connectivity index (χ0) is 12.8. The molecule has 5 nitrogen and oxygen atoms in total. The van der Waals surface area contributed by atoms with Crippen LogP contribution in [0.5, 0.6) is 0 Å². The Kier molecular flexibility index (Phi) is 4.66. The number of carbonyl (C=O) groups is 1. The highest BCUT2D eigenvalue weighted by atomic mass is 16.5. The molecule has 1 aliphatic heterocycles. The van der Waals surface area contributed by atoms with E-state index in [2.05, 4.69) is 15.6 Å². The smallest absolute Gasteiger partial charge is 0.238 e. The highest BCUT2D eigenvalue weighted by Gasteiger charge is 2.15. The number of rotatable bonds is 5. The molecule has 5 heteroatoms. The first kappa shape index (κ1) is 13.0. The fourth-order valence-electron chi connectivity index (χ4n) is 1.96. The molecular formula is C13H19N3O2. The monoisotopic (exact) mass is 249 g/mol. The van der Waals surface area contributed by atoms with Crippen molar-refractivity contribution in [3.05, 3.63) is 24.0 Å². The third-order valence-electron chi connectivity index (χ3n) is 2.96. The van der Waals surface area contributed by atoms with Crippen molar-refractivity contribution in [3.63, 3.8) is 0 Å². The van der Waals surface area contributed by atoms with Crippen LogP contribution in [0.25, 0.3) is 0 Å². The third-order valence-corrected chi connectivity index (χ3v) is 2.96. The highest BCUT2D eigenvalue weighted by Crippen LogP contribution is 2.11. The van der Waals surface area contributed by atoms with Gasteiger partial charge in [-0.2, -0.15) is 0 Å². The van der Waals surface area contributed by atoms with Crippen LogP contribution >= 0.6 is 0 Å². The van der Waals surface area contributed by atoms with Crippen molar-refractivity contribution >= 4 is 11.6 Å². The molecule has 18 heavy (non-hydrogen) atoms. The summed E-state index contributed by atoms with van der Waals surface area (Å²) in [5.74, 6) is -0.0518. The number of nitrogens with zero attached hydrogens (tertiary/aromatic N) is 1. The Morgan fingerprint density at radius 3 is 3.22 bits per heavy atom. The lowest BCUT2D eigenvalue weighted by molar-refractivity contribution is -0.115. The minimum absolute atomic E-state index is 0.0518. The second kappa shape index (κ2) is 6.47. The molecule has 2 heterocycles. The Bertz CT molecular complexity index is 403. The number of ether oxygens (including phenoxy) is 1. The van der Waals surface area contributed by atoms with E-state index in [4.69, 9.17) is 4.74 Å². The van der Waals surface area contributed by atoms with E-state index in [1.807, 2.05) is 19.1 Å². The van der Waals surface area contributed by atoms with Gasteiger partial charge < -0.3 is 15.4 Å². The van der Waals surface area contributed by atoms with Gasteiger partial charge in [0.15, 0.2) is 0 Å². The molecule has 2 N–H and O–H groups in total. The average molecular weight is 249 g/mol. The summed E-state index contributed by atoms with van der Waals surface area (Å²) < 4.78 is 5.47. The lowest BCUT2D eigenvalue weighted by Crippen LogP contribution is -2.33. The number of aromatic nitrogens is 1. The van der Waals surface area contributed by atoms with E-state index in [0.717, 1.165) is 37.4 Å². The lowest BCUT2D eigenvalue weighted by atomic mass is 10.2. The Labute approximate surface area is 107 Å². The first-order valence-corrected chi connectivity index (χ1v) is 6.29. The summed E-state index contributed by atoms with van der Waals surface area (Å²) in [5, 5.41) is 5.94. The maximum absolute atomic E-state index is 11.7. The molecule has 1 aromatic rings. The number of hydrogen-bond acceptors (Lipinski definition) is 4. The molecule has 1 saturated heterocycles. The van der Waals surface area contributed by atoms with Crippen LogP contribution in [-0.2, 0) is 9.53 Å². The maximum Gasteiger partial charge on any atom is 0.238 e. The van der Waals surface area contributed by atoms with E-state index in [-0.39, 0.29) is 12.0 Å². The number of nitrogens with one attached hydrogen (secondary N) is 2. The predicted octanol–water partition coefficient (Wildman–Crippen LogP) is 1.10. The number of hydrogen-bond donors (Lipinski definition) is 2. The van der Waals surface area contributed by atoms with Gasteiger partial charge in [-0.05, 0) is 31.9 Å². The molecular weight excluding hydrogens is 230 g/mol. The van der Waals surface area contributed by atoms with Crippen LogP contribution in [0.1, 0.15) is 18.5 Å². The number of amides is 1. The van der Waals surface area contributed by atoms with Crippen molar-refractivity contribution in [1.29, 1.82) is 0 Å². The van der Waals surface area contributed by atoms with Gasteiger partial charge in [0.25, 0.3) is 0 Å². The minimum atomic E-state index is -0.0518. The summed E-state index contributed by atoms with van der Waals surface area (Å²) in [6.45, 7) is 3.75. The highest BCUT2D eigenvalue weighted by molar-refractivity contribution is 5.92. The van der Waals surface area contributed by atoms with Gasteiger partial charge in [0.2, 0.25) is 5.91 Å². The van der Waals surface area contributed by atoms with Crippen molar-refractivity contribution in [2.45, 2.75) is 25.9 Å². The minimum Gasteiger partial charge on any atom is -0.377 e. The first-order valence-electron chi connectivity index (χ1n) is 6.29. The Morgan fingerprint density at radius 2 is 2.50 bits per heavy atom. The summed E-state index contributed by atoms with van der Waals surface area (Å²) in [6.07, 6.45) is 4.17. The molecule has 1 fully saturated rings. The first-order chi connectivity index (χ1) is 8.75. The van der Waals surface area contributed by atoms with Gasteiger partial charge in [0.05, 0.1) is 24.0 Å². The average Bonchev–Trinajstić information content (AvgIpc) is 2.85. The van der Waals surface area contributed by atoms with Crippen LogP contribution in [0.2, 0.25) is 0 Å². The summed E-state index contributed by atoms with van der Waals surface area (Å²) in [7, 11) is 0. The molecule has 0 bridgehead atoms. The van der Waals surface area contributed by atoms with Crippen molar-refractivity contribution in [2.75, 3.05) is 25.0 Å². The second-order valence-corrected chi connectivity index (χ2v) is 4.45. The molecule has 0 aromatic carbocycles. The molecule has 0 unspecified atom stereocenters. The fraction of sp³-hybridized carbons (Fsp3) is 0.538. The van der Waals surface area contributed by atoms with Crippen molar-refractivity contribution in [3.8, 4) is 0 Å². The van der Waals surface area contributed by atoms with Gasteiger partial charge >= 0.3 is 0 Å². The van der Waals surface area contributed by atoms with Gasteiger partial charge in [0.1, 0.15) is 0 Å². The third kappa shape index (κ3) is 3.78. The van der Waals surface area contributed by atoms with Crippen molar-refractivity contribution in [1.82, 2.24) is 10.3 Å². The van der Waals surface area contributed by atoms with Crippen molar-refractivity contribution in [2.24, 2.45) is 0 Å². The Morgan fingerprint density at radius 1 is 1.61 bits per heavy atom. The van der Waals surface area contributed by atoms with Gasteiger partial charge in [-0.15, -0.1) is 0 Å². The summed E-state index contributed by atoms with van der Waals surface area (Å²) in [5.41, 5.74) is 1.59. The maximum atomic E-state index is 11.7. The normalized spacial score (nSPS) is 18.8. The quantitative estimate of drug-likeness (QED) is 0.820. The molecule has 1 aromatic heterocycles. The van der Waals surface area contributed by atoms with Gasteiger partial charge in [0, 0.05) is 19.3 Å². The largest absolute Gasteiger partial charge is 0.377 e. The Balaban J connectivity index is 1.70. The number of carbonyl (C=O) groups excluding carboxylic acids is 1. The molecule has 2 rings (SSSR count). The van der Waals surface area contributed by atoms with Crippen LogP contribution < -0.4 is 10.6 Å². The van der Waals surface area contributed by atoms with E-state index in [9.17, 15) is 4.79 Å². The summed E-state index contributed by atoms with van der Waals surface area (Å²) in [4.78, 5) is 15.8. The zero-order valence-corrected chi connectivity index (χ0v) is 10.6. The van der Waals surface area contributed by atoms with E-state index in [1.165, 1.54) is 0 Å². The topological polar surface area (TPSA) is 63.2 Å². The number of anilines is 1. The lowest BCUT2D eigenvalue weighted by Gasteiger charge is -2.11. The molecule has 0 spiro atoms. The van der Waals surface area contributed by atoms with E-state index in [1.54, 1.807) is 6.20 Å². The molecule has 0 saturated carbocycles. The zero-order valence-electron chi connectivity index (χ0n) is 10.6. The van der Waals surface area contributed by atoms with E-state index in [0.29, 0.717) is 6.54 Å². The van der Waals surface area contributed by atoms with Gasteiger partial charge in [-0.25, -0.2) is 0 Å². The summed E-state index contributed by atoms with van der Waals surface area (Å²) in [6, 6.07) is 3.66. The number of pyridine rings is 1. The molecule has 0 aliphatic carbocycles. The van der Waals surface area contributed by atoms with Crippen LogP contribution in [0.3, 0.4) is 0 Å². The molecule has 0 radical (unpaired) electrons. The van der Waals surface area contributed by atoms with E-state index < -0.39 is 0 Å². The van der Waals surface area contributed by atoms with Gasteiger partial charge in [-0.3, -0.25) is 9.78 Å². The van der Waals surface area contributed by atoms with Crippen molar-refractivity contribution < 1.29 is 9.53 Å². The predicted molar refractivity (Wildman–Crippen MR) is 69.4 cm³/mol. The van der Waals surface area contributed by atoms with E-state index >= 15 is 0 Å². The number of aryl methyl sites for hydroxylation is 1.